The van der Waals surface area contributed by atoms with Crippen LogP contribution >= 0.6 is 0 Å². The van der Waals surface area contributed by atoms with Gasteiger partial charge in [-0.15, -0.1) is 0 Å². The van der Waals surface area contributed by atoms with Crippen LogP contribution in [0, 0.1) is 0 Å². The Bertz CT molecular complexity index is 2340. The molecular formula is C46H39N3O2. The molecule has 0 radical (unpaired) electrons. The van der Waals surface area contributed by atoms with E-state index in [4.69, 9.17) is 18.8 Å². The molecule has 0 atom stereocenters. The number of nitrogens with zero attached hydrogens (tertiary/aromatic N) is 3. The fourth-order valence-corrected chi connectivity index (χ4v) is 7.71. The number of aromatic nitrogens is 2. The van der Waals surface area contributed by atoms with Crippen LogP contribution in [0.1, 0.15) is 51.7 Å². The number of para-hydroxylation sites is 4. The van der Waals surface area contributed by atoms with Gasteiger partial charge < -0.3 is 13.7 Å². The van der Waals surface area contributed by atoms with Gasteiger partial charge in [-0.1, -0.05) is 82.3 Å². The van der Waals surface area contributed by atoms with Gasteiger partial charge in [-0.2, -0.15) is 0 Å². The predicted octanol–water partition coefficient (Wildman–Crippen LogP) is 12.8. The number of hydrogen-bond donors (Lipinski definition) is 0. The Hall–Kier alpha value is -5.94. The summed E-state index contributed by atoms with van der Waals surface area (Å²) in [6.45, 7) is 9.57. The van der Waals surface area contributed by atoms with E-state index < -0.39 is 0 Å². The molecule has 5 nitrogen and oxygen atoms in total. The lowest BCUT2D eigenvalue weighted by molar-refractivity contribution is 0.333. The standard InChI is InChI=1S/C46H39N3O2/c1-45(2)28-29-46(3,4)42-36(10-9-11-37(42)45)30-16-22-33(23-17-30)49(34-24-18-31(19-25-34)43-47-38-12-5-7-14-40(38)50-43)35-26-20-32(21-27-35)44-48-39-13-6-8-15-41(39)51-44/h5-27H,28-29H2,1-4H3. The van der Waals surface area contributed by atoms with E-state index in [2.05, 4.69) is 124 Å². The second-order valence-corrected chi connectivity index (χ2v) is 14.9. The Labute approximate surface area is 298 Å². The highest BCUT2D eigenvalue weighted by Crippen LogP contribution is 2.49. The van der Waals surface area contributed by atoms with E-state index in [1.54, 1.807) is 0 Å². The van der Waals surface area contributed by atoms with E-state index in [1.165, 1.54) is 35.1 Å². The number of fused-ring (bicyclic) bond motifs is 3. The molecule has 6 aromatic carbocycles. The third-order valence-corrected chi connectivity index (χ3v) is 10.6. The first-order valence-corrected chi connectivity index (χ1v) is 17.7. The Kier molecular flexibility index (Phi) is 7.21. The van der Waals surface area contributed by atoms with Gasteiger partial charge in [-0.3, -0.25) is 0 Å². The van der Waals surface area contributed by atoms with E-state index >= 15 is 0 Å². The second-order valence-electron chi connectivity index (χ2n) is 14.9. The molecule has 1 aliphatic rings. The van der Waals surface area contributed by atoms with Gasteiger partial charge in [0.25, 0.3) is 0 Å². The molecule has 0 fully saturated rings. The molecule has 0 bridgehead atoms. The predicted molar refractivity (Wildman–Crippen MR) is 208 cm³/mol. The molecule has 250 valence electrons. The summed E-state index contributed by atoms with van der Waals surface area (Å²) in [5, 5.41) is 0. The lowest BCUT2D eigenvalue weighted by Gasteiger charge is -2.43. The van der Waals surface area contributed by atoms with Crippen molar-refractivity contribution in [3.63, 3.8) is 0 Å². The fraction of sp³-hybridized carbons (Fsp3) is 0.174. The Morgan fingerprint density at radius 1 is 0.471 bits per heavy atom. The fourth-order valence-electron chi connectivity index (χ4n) is 7.71. The molecule has 0 N–H and O–H groups in total. The van der Waals surface area contributed by atoms with Crippen molar-refractivity contribution in [2.75, 3.05) is 4.90 Å². The molecule has 0 spiro atoms. The smallest absolute Gasteiger partial charge is 0.227 e. The summed E-state index contributed by atoms with van der Waals surface area (Å²) >= 11 is 0. The van der Waals surface area contributed by atoms with Gasteiger partial charge >= 0.3 is 0 Å². The van der Waals surface area contributed by atoms with E-state index in [0.717, 1.165) is 50.4 Å². The average Bonchev–Trinajstić information content (AvgIpc) is 3.80. The minimum atomic E-state index is 0.110. The van der Waals surface area contributed by atoms with Crippen molar-refractivity contribution in [1.82, 2.24) is 9.97 Å². The van der Waals surface area contributed by atoms with Gasteiger partial charge in [-0.25, -0.2) is 9.97 Å². The lowest BCUT2D eigenvalue weighted by atomic mass is 9.61. The van der Waals surface area contributed by atoms with Gasteiger partial charge in [0.15, 0.2) is 11.2 Å². The van der Waals surface area contributed by atoms with Crippen molar-refractivity contribution in [1.29, 1.82) is 0 Å². The van der Waals surface area contributed by atoms with Crippen molar-refractivity contribution in [3.05, 3.63) is 151 Å². The molecule has 9 rings (SSSR count). The maximum absolute atomic E-state index is 6.08. The van der Waals surface area contributed by atoms with Gasteiger partial charge in [-0.05, 0) is 131 Å². The summed E-state index contributed by atoms with van der Waals surface area (Å²) in [6, 6.07) is 48.4. The quantitative estimate of drug-likeness (QED) is 0.177. The lowest BCUT2D eigenvalue weighted by Crippen LogP contribution is -2.34. The van der Waals surface area contributed by atoms with Crippen LogP contribution in [0.25, 0.3) is 56.2 Å². The molecule has 5 heteroatoms. The summed E-state index contributed by atoms with van der Waals surface area (Å²) in [7, 11) is 0. The summed E-state index contributed by atoms with van der Waals surface area (Å²) in [6.07, 6.45) is 2.37. The minimum absolute atomic E-state index is 0.110. The highest BCUT2D eigenvalue weighted by Gasteiger charge is 2.38. The largest absolute Gasteiger partial charge is 0.436 e. The number of anilines is 3. The van der Waals surface area contributed by atoms with Gasteiger partial charge in [0.1, 0.15) is 11.0 Å². The summed E-state index contributed by atoms with van der Waals surface area (Å²) in [5.41, 5.74) is 14.0. The molecule has 0 amide bonds. The van der Waals surface area contributed by atoms with Crippen molar-refractivity contribution in [3.8, 4) is 34.0 Å². The van der Waals surface area contributed by atoms with Gasteiger partial charge in [0.2, 0.25) is 11.8 Å². The zero-order valence-electron chi connectivity index (χ0n) is 29.4. The van der Waals surface area contributed by atoms with E-state index in [9.17, 15) is 0 Å². The second kappa shape index (κ2) is 11.8. The Morgan fingerprint density at radius 3 is 1.41 bits per heavy atom. The summed E-state index contributed by atoms with van der Waals surface area (Å²) in [4.78, 5) is 11.7. The van der Waals surface area contributed by atoms with Crippen LogP contribution in [0.4, 0.5) is 17.1 Å². The third-order valence-electron chi connectivity index (χ3n) is 10.6. The number of benzene rings is 6. The normalized spacial score (nSPS) is 14.8. The SMILES string of the molecule is CC1(C)CCC(C)(C)c2c(-c3ccc(N(c4ccc(-c5nc6ccccc6o5)cc4)c4ccc(-c5nc6ccccc6o5)cc4)cc3)cccc21. The minimum Gasteiger partial charge on any atom is -0.436 e. The molecule has 0 aliphatic heterocycles. The molecule has 2 heterocycles. The summed E-state index contributed by atoms with van der Waals surface area (Å²) < 4.78 is 12.2. The Balaban J connectivity index is 1.11. The Morgan fingerprint density at radius 2 is 0.922 bits per heavy atom. The molecular weight excluding hydrogens is 627 g/mol. The van der Waals surface area contributed by atoms with Crippen molar-refractivity contribution >= 4 is 39.3 Å². The van der Waals surface area contributed by atoms with Crippen molar-refractivity contribution < 1.29 is 8.83 Å². The van der Waals surface area contributed by atoms with Crippen LogP contribution < -0.4 is 4.90 Å². The van der Waals surface area contributed by atoms with Crippen LogP contribution in [0.2, 0.25) is 0 Å². The van der Waals surface area contributed by atoms with Crippen LogP contribution in [0.15, 0.2) is 148 Å². The van der Waals surface area contributed by atoms with Crippen LogP contribution in [0.5, 0.6) is 0 Å². The number of rotatable bonds is 6. The van der Waals surface area contributed by atoms with Crippen LogP contribution in [0.3, 0.4) is 0 Å². The average molecular weight is 666 g/mol. The molecule has 0 saturated carbocycles. The summed E-state index contributed by atoms with van der Waals surface area (Å²) in [5.74, 6) is 1.22. The molecule has 1 aliphatic carbocycles. The highest BCUT2D eigenvalue weighted by atomic mass is 16.4. The van der Waals surface area contributed by atoms with Crippen molar-refractivity contribution in [2.45, 2.75) is 51.4 Å². The molecule has 51 heavy (non-hydrogen) atoms. The van der Waals surface area contributed by atoms with Gasteiger partial charge in [0, 0.05) is 28.2 Å². The third kappa shape index (κ3) is 5.50. The molecule has 8 aromatic rings. The zero-order valence-corrected chi connectivity index (χ0v) is 29.4. The first-order chi connectivity index (χ1) is 24.7. The molecule has 0 saturated heterocycles. The van der Waals surface area contributed by atoms with Gasteiger partial charge in [0.05, 0.1) is 0 Å². The monoisotopic (exact) mass is 665 g/mol. The molecule has 0 unspecified atom stereocenters. The highest BCUT2D eigenvalue weighted by molar-refractivity contribution is 5.82. The first kappa shape index (κ1) is 31.1. The van der Waals surface area contributed by atoms with E-state index in [1.807, 2.05) is 48.5 Å². The van der Waals surface area contributed by atoms with Crippen molar-refractivity contribution in [2.24, 2.45) is 0 Å². The zero-order chi connectivity index (χ0) is 34.7. The number of hydrogen-bond acceptors (Lipinski definition) is 5. The van der Waals surface area contributed by atoms with Crippen LogP contribution in [-0.2, 0) is 10.8 Å². The first-order valence-electron chi connectivity index (χ1n) is 17.7. The van der Waals surface area contributed by atoms with E-state index in [-0.39, 0.29) is 10.8 Å². The number of oxazole rings is 2. The topological polar surface area (TPSA) is 55.3 Å². The molecule has 2 aromatic heterocycles. The van der Waals surface area contributed by atoms with Crippen LogP contribution in [-0.4, -0.2) is 9.97 Å². The maximum Gasteiger partial charge on any atom is 0.227 e. The maximum atomic E-state index is 6.08. The van der Waals surface area contributed by atoms with E-state index in [0.29, 0.717) is 11.8 Å².